The van der Waals surface area contributed by atoms with Crippen LogP contribution in [0.1, 0.15) is 23.6 Å². The Morgan fingerprint density at radius 1 is 0.806 bits per heavy atom. The Labute approximate surface area is 183 Å². The number of benzene rings is 2. The Morgan fingerprint density at radius 3 is 1.77 bits per heavy atom. The summed E-state index contributed by atoms with van der Waals surface area (Å²) in [5.74, 6) is 0.641. The molecule has 2 aromatic rings. The van der Waals surface area contributed by atoms with Gasteiger partial charge in [-0.1, -0.05) is 60.7 Å². The summed E-state index contributed by atoms with van der Waals surface area (Å²) in [6, 6.07) is 20.4. The Balaban J connectivity index is 1.72. The molecule has 0 radical (unpaired) electrons. The quantitative estimate of drug-likeness (QED) is 0.446. The SMILES string of the molecule is CC1=CC(=C(C#N)C#N)C(C=Cc2ccc(C=Cc3ccc(N(C)C)cc3)cc2)=CO1. The van der Waals surface area contributed by atoms with Gasteiger partial charge in [0.2, 0.25) is 0 Å². The van der Waals surface area contributed by atoms with Crippen molar-refractivity contribution in [3.63, 3.8) is 0 Å². The molecule has 0 saturated carbocycles. The molecule has 4 nitrogen and oxygen atoms in total. The zero-order valence-corrected chi connectivity index (χ0v) is 17.8. The lowest BCUT2D eigenvalue weighted by molar-refractivity contribution is 0.346. The minimum absolute atomic E-state index is 0.0673. The molecule has 0 fully saturated rings. The highest BCUT2D eigenvalue weighted by atomic mass is 16.5. The van der Waals surface area contributed by atoms with Gasteiger partial charge in [-0.15, -0.1) is 0 Å². The van der Waals surface area contributed by atoms with Crippen LogP contribution in [0.4, 0.5) is 5.69 Å². The molecule has 0 atom stereocenters. The second kappa shape index (κ2) is 9.96. The number of allylic oxidation sites excluding steroid dienone is 6. The third-order valence-electron chi connectivity index (χ3n) is 4.79. The number of rotatable bonds is 5. The van der Waals surface area contributed by atoms with Gasteiger partial charge in [0.15, 0.2) is 0 Å². The summed E-state index contributed by atoms with van der Waals surface area (Å²) < 4.78 is 5.44. The van der Waals surface area contributed by atoms with Crippen molar-refractivity contribution < 1.29 is 4.74 Å². The molecular formula is C27H23N3O. The summed E-state index contributed by atoms with van der Waals surface area (Å²) in [6.07, 6.45) is 11.2. The Hall–Kier alpha value is -4.28. The molecule has 0 saturated heterocycles. The third kappa shape index (κ3) is 5.63. The van der Waals surface area contributed by atoms with Crippen LogP contribution < -0.4 is 4.90 Å². The zero-order valence-electron chi connectivity index (χ0n) is 17.8. The highest BCUT2D eigenvalue weighted by Crippen LogP contribution is 2.25. The van der Waals surface area contributed by atoms with Gasteiger partial charge >= 0.3 is 0 Å². The van der Waals surface area contributed by atoms with Crippen LogP contribution in [-0.2, 0) is 4.74 Å². The van der Waals surface area contributed by atoms with E-state index in [1.54, 1.807) is 19.3 Å². The summed E-state index contributed by atoms with van der Waals surface area (Å²) in [6.45, 7) is 1.78. The van der Waals surface area contributed by atoms with Crippen LogP contribution in [0.3, 0.4) is 0 Å². The molecule has 0 unspecified atom stereocenters. The minimum Gasteiger partial charge on any atom is -0.469 e. The number of hydrogen-bond acceptors (Lipinski definition) is 4. The monoisotopic (exact) mass is 405 g/mol. The topological polar surface area (TPSA) is 60.0 Å². The summed E-state index contributed by atoms with van der Waals surface area (Å²) in [4.78, 5) is 2.08. The molecule has 3 rings (SSSR count). The first kappa shape index (κ1) is 21.4. The van der Waals surface area contributed by atoms with Crippen LogP contribution in [0.5, 0.6) is 0 Å². The summed E-state index contributed by atoms with van der Waals surface area (Å²) >= 11 is 0. The van der Waals surface area contributed by atoms with E-state index in [1.807, 2.05) is 62.7 Å². The predicted octanol–water partition coefficient (Wildman–Crippen LogP) is 6.10. The van der Waals surface area contributed by atoms with Gasteiger partial charge in [0.25, 0.3) is 0 Å². The molecular weight excluding hydrogens is 382 g/mol. The van der Waals surface area contributed by atoms with Crippen LogP contribution in [0.15, 0.2) is 89.4 Å². The smallest absolute Gasteiger partial charge is 0.137 e. The largest absolute Gasteiger partial charge is 0.469 e. The minimum atomic E-state index is 0.0673. The van der Waals surface area contributed by atoms with Crippen LogP contribution in [0.25, 0.3) is 18.2 Å². The molecule has 0 N–H and O–H groups in total. The van der Waals surface area contributed by atoms with E-state index in [2.05, 4.69) is 41.3 Å². The average Bonchev–Trinajstić information content (AvgIpc) is 2.79. The standard InChI is InChI=1S/C27H23N3O/c1-20-16-27(25(17-28)18-29)24(19-31-20)13-10-22-7-4-21(5-8-22)6-9-23-11-14-26(15-12-23)30(2)3/h4-16,19H,1-3H3. The normalized spacial score (nSPS) is 13.3. The number of hydrogen-bond donors (Lipinski definition) is 0. The third-order valence-corrected chi connectivity index (χ3v) is 4.79. The van der Waals surface area contributed by atoms with E-state index in [0.717, 1.165) is 16.7 Å². The van der Waals surface area contributed by atoms with E-state index >= 15 is 0 Å². The van der Waals surface area contributed by atoms with Gasteiger partial charge in [0, 0.05) is 30.9 Å². The van der Waals surface area contributed by atoms with E-state index in [-0.39, 0.29) is 5.57 Å². The maximum absolute atomic E-state index is 9.21. The van der Waals surface area contributed by atoms with Crippen LogP contribution >= 0.6 is 0 Å². The van der Waals surface area contributed by atoms with E-state index in [9.17, 15) is 10.5 Å². The van der Waals surface area contributed by atoms with Gasteiger partial charge in [-0.2, -0.15) is 10.5 Å². The number of ether oxygens (including phenoxy) is 1. The molecule has 0 aliphatic carbocycles. The second-order valence-electron chi connectivity index (χ2n) is 7.28. The first-order valence-electron chi connectivity index (χ1n) is 9.84. The molecule has 0 aromatic heterocycles. The molecule has 1 aliphatic rings. The maximum atomic E-state index is 9.21. The molecule has 31 heavy (non-hydrogen) atoms. The fraction of sp³-hybridized carbons (Fsp3) is 0.111. The van der Waals surface area contributed by atoms with Crippen molar-refractivity contribution in [3.05, 3.63) is 106 Å². The Kier molecular flexibility index (Phi) is 6.89. The summed E-state index contributed by atoms with van der Waals surface area (Å²) in [7, 11) is 4.05. The molecule has 1 aliphatic heterocycles. The predicted molar refractivity (Wildman–Crippen MR) is 126 cm³/mol. The van der Waals surface area contributed by atoms with Gasteiger partial charge in [0.1, 0.15) is 23.5 Å². The average molecular weight is 406 g/mol. The lowest BCUT2D eigenvalue weighted by atomic mass is 9.98. The van der Waals surface area contributed by atoms with Gasteiger partial charge in [0.05, 0.1) is 6.26 Å². The zero-order chi connectivity index (χ0) is 22.2. The molecule has 1 heterocycles. The van der Waals surface area contributed by atoms with Crippen molar-refractivity contribution >= 4 is 23.9 Å². The number of anilines is 1. The summed E-state index contributed by atoms with van der Waals surface area (Å²) in [5.41, 5.74) is 5.76. The van der Waals surface area contributed by atoms with E-state index in [1.165, 1.54) is 5.69 Å². The van der Waals surface area contributed by atoms with Gasteiger partial charge in [-0.05, 0) is 41.8 Å². The van der Waals surface area contributed by atoms with Crippen molar-refractivity contribution in [2.24, 2.45) is 0 Å². The van der Waals surface area contributed by atoms with Crippen LogP contribution in [0, 0.1) is 22.7 Å². The van der Waals surface area contributed by atoms with Gasteiger partial charge < -0.3 is 9.64 Å². The highest BCUT2D eigenvalue weighted by Gasteiger charge is 2.13. The lowest BCUT2D eigenvalue weighted by Gasteiger charge is -2.12. The molecule has 0 amide bonds. The van der Waals surface area contributed by atoms with Crippen molar-refractivity contribution in [1.82, 2.24) is 0 Å². The highest BCUT2D eigenvalue weighted by molar-refractivity contribution is 5.71. The summed E-state index contributed by atoms with van der Waals surface area (Å²) in [5, 5.41) is 18.4. The van der Waals surface area contributed by atoms with E-state index in [4.69, 9.17) is 4.74 Å². The van der Waals surface area contributed by atoms with Gasteiger partial charge in [-0.3, -0.25) is 0 Å². The first-order valence-corrected chi connectivity index (χ1v) is 9.84. The molecule has 152 valence electrons. The van der Waals surface area contributed by atoms with Crippen molar-refractivity contribution in [2.75, 3.05) is 19.0 Å². The van der Waals surface area contributed by atoms with Crippen LogP contribution in [-0.4, -0.2) is 14.1 Å². The van der Waals surface area contributed by atoms with Crippen molar-refractivity contribution in [1.29, 1.82) is 10.5 Å². The number of nitrogens with zero attached hydrogens (tertiary/aromatic N) is 3. The van der Waals surface area contributed by atoms with E-state index < -0.39 is 0 Å². The lowest BCUT2D eigenvalue weighted by Crippen LogP contribution is -2.07. The fourth-order valence-corrected chi connectivity index (χ4v) is 3.01. The fourth-order valence-electron chi connectivity index (χ4n) is 3.01. The second-order valence-corrected chi connectivity index (χ2v) is 7.28. The van der Waals surface area contributed by atoms with Crippen molar-refractivity contribution in [2.45, 2.75) is 6.92 Å². The molecule has 0 spiro atoms. The number of nitriles is 2. The van der Waals surface area contributed by atoms with Crippen molar-refractivity contribution in [3.8, 4) is 12.1 Å². The van der Waals surface area contributed by atoms with Crippen LogP contribution in [0.2, 0.25) is 0 Å². The maximum Gasteiger partial charge on any atom is 0.137 e. The molecule has 2 aromatic carbocycles. The first-order chi connectivity index (χ1) is 15.0. The Morgan fingerprint density at radius 2 is 1.29 bits per heavy atom. The molecule has 0 bridgehead atoms. The van der Waals surface area contributed by atoms with E-state index in [0.29, 0.717) is 16.9 Å². The molecule has 4 heteroatoms. The Bertz CT molecular complexity index is 1160. The van der Waals surface area contributed by atoms with Gasteiger partial charge in [-0.25, -0.2) is 0 Å².